The lowest BCUT2D eigenvalue weighted by Gasteiger charge is -2.29. The minimum absolute atomic E-state index is 0.446. The number of hydrogen-bond acceptors (Lipinski definition) is 4. The topological polar surface area (TPSA) is 41.0 Å². The molecule has 0 aliphatic carbocycles. The van der Waals surface area contributed by atoms with Crippen LogP contribution in [0.3, 0.4) is 0 Å². The molecule has 0 amide bonds. The van der Waals surface area contributed by atoms with Crippen LogP contribution >= 0.6 is 0 Å². The fourth-order valence-electron chi connectivity index (χ4n) is 1.60. The van der Waals surface area contributed by atoms with Crippen LogP contribution in [0.25, 0.3) is 0 Å². The molecule has 0 saturated heterocycles. The Labute approximate surface area is 98.1 Å². The molecular weight excluding hydrogens is 200 g/mol. The molecule has 1 N–H and O–H groups in total. The van der Waals surface area contributed by atoms with Gasteiger partial charge in [0.25, 0.3) is 0 Å². The molecule has 0 aromatic carbocycles. The molecule has 4 heteroatoms. The molecular formula is C12H22N4. The average molecular weight is 222 g/mol. The van der Waals surface area contributed by atoms with E-state index in [1.165, 1.54) is 0 Å². The third-order valence-corrected chi connectivity index (χ3v) is 2.39. The molecule has 16 heavy (non-hydrogen) atoms. The molecule has 1 heterocycles. The molecule has 1 rings (SSSR count). The van der Waals surface area contributed by atoms with E-state index in [-0.39, 0.29) is 0 Å². The molecule has 0 aliphatic heterocycles. The predicted molar refractivity (Wildman–Crippen MR) is 68.9 cm³/mol. The van der Waals surface area contributed by atoms with Gasteiger partial charge in [0.05, 0.1) is 0 Å². The van der Waals surface area contributed by atoms with Gasteiger partial charge in [-0.1, -0.05) is 13.8 Å². The quantitative estimate of drug-likeness (QED) is 0.830. The second kappa shape index (κ2) is 5.68. The Morgan fingerprint density at radius 1 is 1.25 bits per heavy atom. The molecule has 0 fully saturated rings. The number of nitrogens with one attached hydrogen (secondary N) is 1. The highest BCUT2D eigenvalue weighted by molar-refractivity contribution is 5.48. The number of anilines is 2. The van der Waals surface area contributed by atoms with Crippen LogP contribution in [-0.2, 0) is 0 Å². The Bertz CT molecular complexity index is 323. The SMILES string of the molecule is CNc1cc(N(CC(C)C)C(C)C)ncn1. The highest BCUT2D eigenvalue weighted by atomic mass is 15.2. The van der Waals surface area contributed by atoms with Crippen molar-refractivity contribution in [3.05, 3.63) is 12.4 Å². The maximum Gasteiger partial charge on any atom is 0.134 e. The minimum atomic E-state index is 0.446. The van der Waals surface area contributed by atoms with E-state index >= 15 is 0 Å². The Balaban J connectivity index is 2.91. The van der Waals surface area contributed by atoms with Gasteiger partial charge in [0, 0.05) is 25.7 Å². The lowest BCUT2D eigenvalue weighted by atomic mass is 10.2. The third-order valence-electron chi connectivity index (χ3n) is 2.39. The highest BCUT2D eigenvalue weighted by Gasteiger charge is 2.13. The molecule has 0 spiro atoms. The molecule has 0 aliphatic rings. The predicted octanol–water partition coefficient (Wildman–Crippen LogP) is 2.39. The molecule has 0 bridgehead atoms. The zero-order valence-corrected chi connectivity index (χ0v) is 10.9. The Morgan fingerprint density at radius 3 is 2.44 bits per heavy atom. The lowest BCUT2D eigenvalue weighted by molar-refractivity contribution is 0.566. The van der Waals surface area contributed by atoms with Crippen LogP contribution in [0.15, 0.2) is 12.4 Å². The fraction of sp³-hybridized carbons (Fsp3) is 0.667. The normalized spacial score (nSPS) is 10.9. The number of hydrogen-bond donors (Lipinski definition) is 1. The summed E-state index contributed by atoms with van der Waals surface area (Å²) in [5, 5.41) is 3.04. The first-order chi connectivity index (χ1) is 7.54. The molecule has 0 unspecified atom stereocenters. The van der Waals surface area contributed by atoms with Gasteiger partial charge < -0.3 is 10.2 Å². The molecule has 0 atom stereocenters. The third kappa shape index (κ3) is 3.36. The summed E-state index contributed by atoms with van der Waals surface area (Å²) in [6.45, 7) is 9.82. The molecule has 0 saturated carbocycles. The number of nitrogens with zero attached hydrogens (tertiary/aromatic N) is 3. The summed E-state index contributed by atoms with van der Waals surface area (Å²) < 4.78 is 0. The van der Waals surface area contributed by atoms with Crippen LogP contribution in [0, 0.1) is 5.92 Å². The largest absolute Gasteiger partial charge is 0.373 e. The van der Waals surface area contributed by atoms with Gasteiger partial charge in [0.2, 0.25) is 0 Å². The Morgan fingerprint density at radius 2 is 1.94 bits per heavy atom. The molecule has 1 aromatic rings. The van der Waals surface area contributed by atoms with E-state index in [1.807, 2.05) is 13.1 Å². The van der Waals surface area contributed by atoms with E-state index in [1.54, 1.807) is 6.33 Å². The van der Waals surface area contributed by atoms with E-state index in [2.05, 4.69) is 47.9 Å². The van der Waals surface area contributed by atoms with Crippen molar-refractivity contribution in [1.82, 2.24) is 9.97 Å². The lowest BCUT2D eigenvalue weighted by Crippen LogP contribution is -2.34. The van der Waals surface area contributed by atoms with Crippen molar-refractivity contribution in [2.75, 3.05) is 23.8 Å². The number of aromatic nitrogens is 2. The minimum Gasteiger partial charge on any atom is -0.373 e. The van der Waals surface area contributed by atoms with E-state index in [0.29, 0.717) is 12.0 Å². The van der Waals surface area contributed by atoms with Gasteiger partial charge in [-0.3, -0.25) is 0 Å². The second-order valence-electron chi connectivity index (χ2n) is 4.65. The average Bonchev–Trinajstić information content (AvgIpc) is 2.25. The van der Waals surface area contributed by atoms with Crippen molar-refractivity contribution >= 4 is 11.6 Å². The molecule has 90 valence electrons. The van der Waals surface area contributed by atoms with Gasteiger partial charge in [-0.15, -0.1) is 0 Å². The maximum absolute atomic E-state index is 4.34. The summed E-state index contributed by atoms with van der Waals surface area (Å²) >= 11 is 0. The fourth-order valence-corrected chi connectivity index (χ4v) is 1.60. The first-order valence-electron chi connectivity index (χ1n) is 5.81. The van der Waals surface area contributed by atoms with Gasteiger partial charge in [0.15, 0.2) is 0 Å². The van der Waals surface area contributed by atoms with Crippen LogP contribution in [0.2, 0.25) is 0 Å². The van der Waals surface area contributed by atoms with Gasteiger partial charge >= 0.3 is 0 Å². The first-order valence-corrected chi connectivity index (χ1v) is 5.81. The van der Waals surface area contributed by atoms with Crippen molar-refractivity contribution in [3.63, 3.8) is 0 Å². The van der Waals surface area contributed by atoms with E-state index in [9.17, 15) is 0 Å². The van der Waals surface area contributed by atoms with Crippen molar-refractivity contribution in [3.8, 4) is 0 Å². The zero-order chi connectivity index (χ0) is 12.1. The standard InChI is InChI=1S/C12H22N4/c1-9(2)7-16(10(3)4)12-6-11(13-5)14-8-15-12/h6,8-10H,7H2,1-5H3,(H,13,14,15). The van der Waals surface area contributed by atoms with Gasteiger partial charge in [-0.05, 0) is 19.8 Å². The van der Waals surface area contributed by atoms with E-state index in [4.69, 9.17) is 0 Å². The Hall–Kier alpha value is -1.32. The monoisotopic (exact) mass is 222 g/mol. The zero-order valence-electron chi connectivity index (χ0n) is 10.9. The summed E-state index contributed by atoms with van der Waals surface area (Å²) in [5.41, 5.74) is 0. The first kappa shape index (κ1) is 12.7. The molecule has 0 radical (unpaired) electrons. The summed E-state index contributed by atoms with van der Waals surface area (Å²) in [5.74, 6) is 2.47. The molecule has 4 nitrogen and oxygen atoms in total. The van der Waals surface area contributed by atoms with Crippen LogP contribution in [-0.4, -0.2) is 29.6 Å². The van der Waals surface area contributed by atoms with Crippen molar-refractivity contribution in [1.29, 1.82) is 0 Å². The summed E-state index contributed by atoms with van der Waals surface area (Å²) in [6, 6.07) is 2.43. The van der Waals surface area contributed by atoms with Crippen molar-refractivity contribution < 1.29 is 0 Å². The van der Waals surface area contributed by atoms with Crippen LogP contribution in [0.5, 0.6) is 0 Å². The van der Waals surface area contributed by atoms with E-state index in [0.717, 1.165) is 18.2 Å². The van der Waals surface area contributed by atoms with Crippen molar-refractivity contribution in [2.24, 2.45) is 5.92 Å². The van der Waals surface area contributed by atoms with Gasteiger partial charge in [0.1, 0.15) is 18.0 Å². The number of rotatable bonds is 5. The molecule has 1 aromatic heterocycles. The van der Waals surface area contributed by atoms with Gasteiger partial charge in [-0.2, -0.15) is 0 Å². The summed E-state index contributed by atoms with van der Waals surface area (Å²) in [6.07, 6.45) is 1.61. The van der Waals surface area contributed by atoms with Crippen LogP contribution in [0.4, 0.5) is 11.6 Å². The van der Waals surface area contributed by atoms with E-state index < -0.39 is 0 Å². The van der Waals surface area contributed by atoms with Gasteiger partial charge in [-0.25, -0.2) is 9.97 Å². The smallest absolute Gasteiger partial charge is 0.134 e. The maximum atomic E-state index is 4.34. The highest BCUT2D eigenvalue weighted by Crippen LogP contribution is 2.17. The van der Waals surface area contributed by atoms with Crippen molar-refractivity contribution in [2.45, 2.75) is 33.7 Å². The Kier molecular flexibility index (Phi) is 4.52. The second-order valence-corrected chi connectivity index (χ2v) is 4.65. The van der Waals surface area contributed by atoms with Crippen LogP contribution in [0.1, 0.15) is 27.7 Å². The summed E-state index contributed by atoms with van der Waals surface area (Å²) in [4.78, 5) is 10.8. The summed E-state index contributed by atoms with van der Waals surface area (Å²) in [7, 11) is 1.87. The van der Waals surface area contributed by atoms with Crippen LogP contribution < -0.4 is 10.2 Å².